The topological polar surface area (TPSA) is 15.7 Å². The minimum atomic E-state index is -0.197. The lowest BCUT2D eigenvalue weighted by atomic mass is 9.72. The normalized spacial score (nSPS) is 14.7. The molecule has 0 saturated heterocycles. The summed E-state index contributed by atoms with van der Waals surface area (Å²) in [6.45, 7) is 9.36. The van der Waals surface area contributed by atoms with Gasteiger partial charge in [0.15, 0.2) is 11.5 Å². The number of fused-ring (bicyclic) bond motifs is 7. The Morgan fingerprint density at radius 1 is 0.386 bits per heavy atom. The first-order chi connectivity index (χ1) is 27.8. The number of para-hydroxylation sites is 3. The number of hydrogen-bond donors (Lipinski definition) is 0. The molecular formula is C54H42N2O. The van der Waals surface area contributed by atoms with Gasteiger partial charge in [0, 0.05) is 27.9 Å². The van der Waals surface area contributed by atoms with Gasteiger partial charge in [0.05, 0.1) is 17.1 Å². The van der Waals surface area contributed by atoms with Gasteiger partial charge in [-0.2, -0.15) is 0 Å². The first kappa shape index (κ1) is 33.5. The molecule has 1 aliphatic carbocycles. The van der Waals surface area contributed by atoms with E-state index in [1.165, 1.54) is 61.3 Å². The van der Waals surface area contributed by atoms with Crippen LogP contribution in [-0.4, -0.2) is 0 Å². The summed E-state index contributed by atoms with van der Waals surface area (Å²) in [4.78, 5) is 4.81. The van der Waals surface area contributed by atoms with Gasteiger partial charge in [-0.15, -0.1) is 0 Å². The van der Waals surface area contributed by atoms with Crippen LogP contribution >= 0.6 is 0 Å². The van der Waals surface area contributed by atoms with Crippen molar-refractivity contribution in [1.82, 2.24) is 0 Å². The number of hydrogen-bond acceptors (Lipinski definition) is 3. The molecule has 0 atom stereocenters. The fourth-order valence-corrected chi connectivity index (χ4v) is 9.64. The molecule has 8 aromatic carbocycles. The largest absolute Gasteiger partial charge is 0.453 e. The van der Waals surface area contributed by atoms with Crippen LogP contribution in [0.2, 0.25) is 0 Å². The molecule has 11 rings (SSSR count). The van der Waals surface area contributed by atoms with E-state index in [0.717, 1.165) is 39.9 Å². The number of ether oxygens (including phenoxy) is 1. The first-order valence-corrected chi connectivity index (χ1v) is 19.9. The zero-order valence-electron chi connectivity index (χ0n) is 32.6. The third-order valence-corrected chi connectivity index (χ3v) is 12.7. The highest BCUT2D eigenvalue weighted by atomic mass is 16.5. The van der Waals surface area contributed by atoms with Crippen molar-refractivity contribution in [3.63, 3.8) is 0 Å². The van der Waals surface area contributed by atoms with Crippen molar-refractivity contribution in [2.24, 2.45) is 0 Å². The minimum Gasteiger partial charge on any atom is -0.453 e. The second kappa shape index (κ2) is 12.3. The van der Waals surface area contributed by atoms with Crippen LogP contribution in [0.4, 0.5) is 34.1 Å². The third-order valence-electron chi connectivity index (χ3n) is 12.7. The van der Waals surface area contributed by atoms with Crippen molar-refractivity contribution in [2.75, 3.05) is 9.80 Å². The molecule has 0 spiro atoms. The molecule has 3 aliphatic rings. The summed E-state index contributed by atoms with van der Waals surface area (Å²) in [7, 11) is 0. The molecule has 2 heterocycles. The molecule has 0 radical (unpaired) electrons. The molecule has 274 valence electrons. The van der Waals surface area contributed by atoms with Gasteiger partial charge in [-0.05, 0) is 116 Å². The van der Waals surface area contributed by atoms with Crippen LogP contribution in [0.1, 0.15) is 49.9 Å². The van der Waals surface area contributed by atoms with Crippen molar-refractivity contribution >= 4 is 34.1 Å². The van der Waals surface area contributed by atoms with Crippen molar-refractivity contribution < 1.29 is 4.74 Å². The lowest BCUT2D eigenvalue weighted by Gasteiger charge is -2.45. The Bertz CT molecular complexity index is 2870. The Labute approximate surface area is 335 Å². The highest BCUT2D eigenvalue weighted by Crippen LogP contribution is 2.60. The predicted molar refractivity (Wildman–Crippen MR) is 236 cm³/mol. The molecule has 0 unspecified atom stereocenters. The molecule has 3 nitrogen and oxygen atoms in total. The van der Waals surface area contributed by atoms with E-state index in [4.69, 9.17) is 4.74 Å². The molecule has 0 N–H and O–H groups in total. The Hall–Kier alpha value is -6.84. The van der Waals surface area contributed by atoms with Crippen LogP contribution in [0, 0.1) is 0 Å². The molecule has 3 heteroatoms. The molecule has 8 aromatic rings. The standard InChI is InChI=1S/C54H42N2O/c1-53(2)44-16-9-8-15-42(44)43-31-30-41(34-47(43)53)55(39-26-21-36(22-27-39)35-13-6-5-7-14-35)40-28-23-37(24-29-40)38-25-32-45-49(33-38)56-48-18-10-11-19-50(48)57-51-20-12-17-46(52(51)56)54(45,3)4/h5-34H,1-4H3. The van der Waals surface area contributed by atoms with E-state index in [9.17, 15) is 0 Å². The lowest BCUT2D eigenvalue weighted by Crippen LogP contribution is -2.32. The van der Waals surface area contributed by atoms with E-state index in [1.54, 1.807) is 0 Å². The maximum absolute atomic E-state index is 6.49. The highest BCUT2D eigenvalue weighted by molar-refractivity contribution is 5.94. The zero-order chi connectivity index (χ0) is 38.5. The van der Waals surface area contributed by atoms with Gasteiger partial charge >= 0.3 is 0 Å². The molecule has 57 heavy (non-hydrogen) atoms. The van der Waals surface area contributed by atoms with Crippen molar-refractivity contribution in [2.45, 2.75) is 38.5 Å². The molecule has 0 saturated carbocycles. The Kier molecular flexibility index (Phi) is 7.25. The summed E-state index contributed by atoms with van der Waals surface area (Å²) in [5, 5.41) is 0. The van der Waals surface area contributed by atoms with E-state index < -0.39 is 0 Å². The quantitative estimate of drug-likeness (QED) is 0.175. The smallest absolute Gasteiger partial charge is 0.151 e. The van der Waals surface area contributed by atoms with Gasteiger partial charge in [0.1, 0.15) is 0 Å². The van der Waals surface area contributed by atoms with Crippen LogP contribution in [-0.2, 0) is 10.8 Å². The molecule has 0 amide bonds. The van der Waals surface area contributed by atoms with Crippen molar-refractivity contribution in [1.29, 1.82) is 0 Å². The average molecular weight is 735 g/mol. The summed E-state index contributed by atoms with van der Waals surface area (Å²) in [6.07, 6.45) is 0. The summed E-state index contributed by atoms with van der Waals surface area (Å²) < 4.78 is 6.49. The first-order valence-electron chi connectivity index (χ1n) is 19.9. The van der Waals surface area contributed by atoms with Crippen LogP contribution in [0.15, 0.2) is 182 Å². The van der Waals surface area contributed by atoms with E-state index >= 15 is 0 Å². The Balaban J connectivity index is 1.01. The molecule has 0 fully saturated rings. The van der Waals surface area contributed by atoms with E-state index in [-0.39, 0.29) is 10.8 Å². The predicted octanol–water partition coefficient (Wildman–Crippen LogP) is 15.0. The van der Waals surface area contributed by atoms with Gasteiger partial charge < -0.3 is 14.5 Å². The molecule has 0 aromatic heterocycles. The fraction of sp³-hybridized carbons (Fsp3) is 0.111. The van der Waals surface area contributed by atoms with Crippen LogP contribution < -0.4 is 14.5 Å². The minimum absolute atomic E-state index is 0.0993. The van der Waals surface area contributed by atoms with E-state index in [1.807, 2.05) is 6.07 Å². The number of benzene rings is 8. The van der Waals surface area contributed by atoms with Gasteiger partial charge in [0.2, 0.25) is 0 Å². The van der Waals surface area contributed by atoms with Gasteiger partial charge in [-0.1, -0.05) is 149 Å². The van der Waals surface area contributed by atoms with Gasteiger partial charge in [-0.3, -0.25) is 0 Å². The number of anilines is 6. The van der Waals surface area contributed by atoms with Crippen molar-refractivity contribution in [3.05, 3.63) is 204 Å². The van der Waals surface area contributed by atoms with Gasteiger partial charge in [-0.25, -0.2) is 0 Å². The summed E-state index contributed by atoms with van der Waals surface area (Å²) in [5.41, 5.74) is 19.2. The fourth-order valence-electron chi connectivity index (χ4n) is 9.64. The van der Waals surface area contributed by atoms with Gasteiger partial charge in [0.25, 0.3) is 0 Å². The Morgan fingerprint density at radius 2 is 0.947 bits per heavy atom. The monoisotopic (exact) mass is 734 g/mol. The third kappa shape index (κ3) is 5.05. The lowest BCUT2D eigenvalue weighted by molar-refractivity contribution is 0.471. The number of nitrogens with zero attached hydrogens (tertiary/aromatic N) is 2. The second-order valence-corrected chi connectivity index (χ2v) is 16.6. The van der Waals surface area contributed by atoms with Crippen LogP contribution in [0.25, 0.3) is 33.4 Å². The SMILES string of the molecule is CC1(C)c2ccccc2-c2ccc(N(c3ccc(-c4ccccc4)cc3)c3ccc(-c4ccc5c(c4)N4c6ccccc6Oc6cccc(c64)C5(C)C)cc3)cc21. The Morgan fingerprint density at radius 3 is 1.72 bits per heavy atom. The second-order valence-electron chi connectivity index (χ2n) is 16.6. The highest BCUT2D eigenvalue weighted by Gasteiger charge is 2.41. The van der Waals surface area contributed by atoms with E-state index in [2.05, 4.69) is 213 Å². The molecule has 0 bridgehead atoms. The number of rotatable bonds is 5. The molecule has 2 aliphatic heterocycles. The summed E-state index contributed by atoms with van der Waals surface area (Å²) >= 11 is 0. The van der Waals surface area contributed by atoms with Crippen LogP contribution in [0.3, 0.4) is 0 Å². The van der Waals surface area contributed by atoms with Crippen LogP contribution in [0.5, 0.6) is 11.5 Å². The van der Waals surface area contributed by atoms with E-state index in [0.29, 0.717) is 0 Å². The zero-order valence-corrected chi connectivity index (χ0v) is 32.6. The summed E-state index contributed by atoms with van der Waals surface area (Å²) in [6, 6.07) is 66.4. The molecular weight excluding hydrogens is 693 g/mol. The maximum atomic E-state index is 6.49. The van der Waals surface area contributed by atoms with Crippen molar-refractivity contribution in [3.8, 4) is 44.9 Å². The summed E-state index contributed by atoms with van der Waals surface area (Å²) in [5.74, 6) is 1.77. The maximum Gasteiger partial charge on any atom is 0.151 e. The average Bonchev–Trinajstić information content (AvgIpc) is 3.48.